The molecule has 0 saturated carbocycles. The molecule has 0 bridgehead atoms. The van der Waals surface area contributed by atoms with Crippen molar-refractivity contribution in [1.82, 2.24) is 4.98 Å². The summed E-state index contributed by atoms with van der Waals surface area (Å²) in [6.07, 6.45) is 4.80. The minimum Gasteiger partial charge on any atom is -0.512 e. The Kier molecular flexibility index (Phi) is 12.2. The molecule has 2 aromatic heterocycles. The van der Waals surface area contributed by atoms with Crippen molar-refractivity contribution >= 4 is 27.2 Å². The second-order valence-corrected chi connectivity index (χ2v) is 11.9. The number of aryl methyl sites for hydroxylation is 2. The van der Waals surface area contributed by atoms with Crippen molar-refractivity contribution in [2.75, 3.05) is 0 Å². The number of pyridine rings is 1. The van der Waals surface area contributed by atoms with E-state index < -0.39 is 0 Å². The molecule has 0 saturated heterocycles. The van der Waals surface area contributed by atoms with Gasteiger partial charge in [-0.2, -0.15) is 17.2 Å². The van der Waals surface area contributed by atoms with E-state index in [0.717, 1.165) is 29.5 Å². The van der Waals surface area contributed by atoms with E-state index in [0.29, 0.717) is 11.8 Å². The number of hydrogen-bond donors (Lipinski definition) is 1. The van der Waals surface area contributed by atoms with Crippen LogP contribution in [0.2, 0.25) is 0 Å². The predicted octanol–water partition coefficient (Wildman–Crippen LogP) is 9.50. The van der Waals surface area contributed by atoms with E-state index in [1.807, 2.05) is 60.6 Å². The predicted molar refractivity (Wildman–Crippen MR) is 152 cm³/mol. The van der Waals surface area contributed by atoms with Gasteiger partial charge < -0.3 is 9.84 Å². The molecule has 0 unspecified atom stereocenters. The number of carbonyl (C=O) groups is 1. The largest absolute Gasteiger partial charge is 0.512 e. The second-order valence-electron chi connectivity index (χ2n) is 11.0. The molecule has 4 nitrogen and oxygen atoms in total. The third-order valence-corrected chi connectivity index (χ3v) is 7.79. The maximum Gasteiger partial charge on any atom is 0.225 e. The van der Waals surface area contributed by atoms with Crippen LogP contribution in [0.4, 0.5) is 0 Å². The molecule has 0 aliphatic carbocycles. The third kappa shape index (κ3) is 8.77. The Morgan fingerprint density at radius 1 is 1.14 bits per heavy atom. The number of fused-ring (bicyclic) bond motifs is 1. The molecule has 2 heterocycles. The number of aliphatic hydroxyl groups excluding tert-OH is 1. The van der Waals surface area contributed by atoms with Gasteiger partial charge in [-0.1, -0.05) is 69.2 Å². The summed E-state index contributed by atoms with van der Waals surface area (Å²) in [4.78, 5) is 16.3. The molecule has 0 aliphatic heterocycles. The van der Waals surface area contributed by atoms with Gasteiger partial charge in [-0.25, -0.2) is 4.98 Å². The van der Waals surface area contributed by atoms with E-state index in [-0.39, 0.29) is 42.5 Å². The number of rotatable bonds is 8. The van der Waals surface area contributed by atoms with Crippen molar-refractivity contribution in [3.8, 4) is 11.6 Å². The number of aliphatic hydroxyl groups is 1. The van der Waals surface area contributed by atoms with Crippen LogP contribution in [0, 0.1) is 30.7 Å². The quantitative estimate of drug-likeness (QED) is 0.145. The summed E-state index contributed by atoms with van der Waals surface area (Å²) in [6.45, 7) is 20.1. The van der Waals surface area contributed by atoms with E-state index >= 15 is 0 Å². The van der Waals surface area contributed by atoms with E-state index in [2.05, 4.69) is 43.3 Å². The van der Waals surface area contributed by atoms with Gasteiger partial charge in [0.25, 0.3) is 0 Å². The van der Waals surface area contributed by atoms with Crippen molar-refractivity contribution in [1.29, 1.82) is 0 Å². The number of carbonyl (C=O) groups excluding carboxylic acids is 1. The van der Waals surface area contributed by atoms with E-state index in [1.54, 1.807) is 17.5 Å². The molecular formula is C31H42IrNO3S-. The summed E-state index contributed by atoms with van der Waals surface area (Å²) in [5.74, 6) is 2.06. The number of ether oxygens (including phenoxy) is 1. The van der Waals surface area contributed by atoms with Crippen LogP contribution < -0.4 is 4.74 Å². The van der Waals surface area contributed by atoms with Gasteiger partial charge in [0.05, 0.1) is 5.39 Å². The smallest absolute Gasteiger partial charge is 0.225 e. The first kappa shape index (κ1) is 33.0. The zero-order valence-electron chi connectivity index (χ0n) is 23.9. The molecule has 6 heteroatoms. The number of allylic oxidation sites excluding steroid dienone is 2. The second kappa shape index (κ2) is 13.7. The first-order chi connectivity index (χ1) is 16.7. The van der Waals surface area contributed by atoms with Crippen molar-refractivity contribution in [3.63, 3.8) is 0 Å². The Balaban J connectivity index is 0.000000384. The fraction of sp³-hybridized carbons (Fsp3) is 0.484. The monoisotopic (exact) mass is 701 g/mol. The molecule has 0 fully saturated rings. The average molecular weight is 701 g/mol. The molecule has 1 aromatic carbocycles. The van der Waals surface area contributed by atoms with Gasteiger partial charge in [0.15, 0.2) is 5.78 Å². The molecule has 37 heavy (non-hydrogen) atoms. The minimum atomic E-state index is -0.377. The number of thiophene rings is 1. The first-order valence-electron chi connectivity index (χ1n) is 12.7. The standard InChI is InChI=1S/C18H18NOS.C13H24O2.Ir/c1-11(2)15-10-21-16-5-6-19-18(17(15)16)20-14-8-12(3)7-13(4)9-14;1-7-12(3,4)10(14)9-11(15)13(5,6)8-2;/h5-8,10-11H,1-4H3;9,14H,7-8H2,1-6H3;/q-1;;/b;10-9-;. The number of aromatic nitrogens is 1. The Morgan fingerprint density at radius 3 is 2.30 bits per heavy atom. The SMILES string of the molecule is CCC(C)(C)C(=O)/C=C(\O)C(C)(C)CC.Cc1[c-]c(Oc2nccc3scc(C(C)C)c23)cc(C)c1.[Ir]. The Morgan fingerprint density at radius 2 is 1.76 bits per heavy atom. The number of nitrogens with zero attached hydrogens (tertiary/aromatic N) is 1. The number of ketones is 1. The zero-order valence-corrected chi connectivity index (χ0v) is 27.1. The van der Waals surface area contributed by atoms with Gasteiger partial charge >= 0.3 is 0 Å². The molecule has 3 aromatic rings. The molecule has 205 valence electrons. The van der Waals surface area contributed by atoms with Gasteiger partial charge in [-0.15, -0.1) is 23.5 Å². The van der Waals surface area contributed by atoms with Crippen LogP contribution in [-0.2, 0) is 24.9 Å². The van der Waals surface area contributed by atoms with Crippen molar-refractivity contribution in [3.05, 3.63) is 64.4 Å². The summed E-state index contributed by atoms with van der Waals surface area (Å²) >= 11 is 1.74. The van der Waals surface area contributed by atoms with Crippen LogP contribution in [0.15, 0.2) is 41.6 Å². The summed E-state index contributed by atoms with van der Waals surface area (Å²) in [7, 11) is 0. The maximum atomic E-state index is 11.8. The molecule has 1 N–H and O–H groups in total. The summed E-state index contributed by atoms with van der Waals surface area (Å²) in [5, 5.41) is 13.2. The van der Waals surface area contributed by atoms with Crippen LogP contribution >= 0.6 is 11.3 Å². The van der Waals surface area contributed by atoms with Gasteiger partial charge in [0.2, 0.25) is 5.88 Å². The fourth-order valence-corrected chi connectivity index (χ4v) is 4.47. The molecule has 0 atom stereocenters. The molecule has 3 rings (SSSR count). The number of hydrogen-bond acceptors (Lipinski definition) is 5. The van der Waals surface area contributed by atoms with Gasteiger partial charge in [0.1, 0.15) is 5.76 Å². The molecule has 0 amide bonds. The summed E-state index contributed by atoms with van der Waals surface area (Å²) in [6, 6.07) is 9.37. The summed E-state index contributed by atoms with van der Waals surface area (Å²) in [5.41, 5.74) is 2.86. The van der Waals surface area contributed by atoms with Crippen molar-refractivity contribution < 1.29 is 34.7 Å². The molecular weight excluding hydrogens is 659 g/mol. The third-order valence-electron chi connectivity index (χ3n) is 6.83. The van der Waals surface area contributed by atoms with Crippen LogP contribution in [0.25, 0.3) is 10.1 Å². The number of benzene rings is 1. The molecule has 0 aliphatic rings. The Bertz CT molecular complexity index is 1200. The fourth-order valence-electron chi connectivity index (χ4n) is 3.36. The maximum absolute atomic E-state index is 11.8. The minimum absolute atomic E-state index is 0. The van der Waals surface area contributed by atoms with Crippen LogP contribution in [0.5, 0.6) is 11.6 Å². The summed E-state index contributed by atoms with van der Waals surface area (Å²) < 4.78 is 7.26. The first-order valence-corrected chi connectivity index (χ1v) is 13.6. The Labute approximate surface area is 240 Å². The van der Waals surface area contributed by atoms with Gasteiger partial charge in [-0.05, 0) is 35.8 Å². The topological polar surface area (TPSA) is 59.4 Å². The van der Waals surface area contributed by atoms with Gasteiger partial charge in [0, 0.05) is 53.7 Å². The Hall–Kier alpha value is -2.01. The molecule has 1 radical (unpaired) electrons. The van der Waals surface area contributed by atoms with Gasteiger partial charge in [-0.3, -0.25) is 4.79 Å². The molecule has 0 spiro atoms. The van der Waals surface area contributed by atoms with E-state index in [1.165, 1.54) is 21.9 Å². The van der Waals surface area contributed by atoms with Crippen molar-refractivity contribution in [2.24, 2.45) is 10.8 Å². The van der Waals surface area contributed by atoms with Crippen LogP contribution in [-0.4, -0.2) is 15.9 Å². The normalized spacial score (nSPS) is 12.1. The van der Waals surface area contributed by atoms with Crippen LogP contribution in [0.3, 0.4) is 0 Å². The van der Waals surface area contributed by atoms with Crippen molar-refractivity contribution in [2.45, 2.75) is 88.0 Å². The van der Waals surface area contributed by atoms with Crippen LogP contribution in [0.1, 0.15) is 90.8 Å². The van der Waals surface area contributed by atoms with E-state index in [9.17, 15) is 9.90 Å². The van der Waals surface area contributed by atoms with E-state index in [4.69, 9.17) is 4.74 Å². The zero-order chi connectivity index (χ0) is 27.3. The average Bonchev–Trinajstić information content (AvgIpc) is 3.24.